The number of amides is 2. The summed E-state index contributed by atoms with van der Waals surface area (Å²) in [5.41, 5.74) is 4.11. The molecule has 4 rings (SSSR count). The van der Waals surface area contributed by atoms with Gasteiger partial charge in [-0.25, -0.2) is 4.98 Å². The van der Waals surface area contributed by atoms with Crippen LogP contribution in [0.4, 0.5) is 5.69 Å². The Labute approximate surface area is 175 Å². The first kappa shape index (κ1) is 19.8. The van der Waals surface area contributed by atoms with E-state index in [0.717, 1.165) is 16.8 Å². The lowest BCUT2D eigenvalue weighted by Crippen LogP contribution is -2.39. The van der Waals surface area contributed by atoms with Crippen molar-refractivity contribution in [2.24, 2.45) is 5.92 Å². The van der Waals surface area contributed by atoms with Gasteiger partial charge >= 0.3 is 0 Å². The van der Waals surface area contributed by atoms with E-state index in [1.165, 1.54) is 11.9 Å². The Morgan fingerprint density at radius 3 is 2.67 bits per heavy atom. The summed E-state index contributed by atoms with van der Waals surface area (Å²) in [5, 5.41) is 7.21. The number of rotatable bonds is 6. The molecule has 1 aliphatic heterocycles. The zero-order chi connectivity index (χ0) is 21.1. The maximum absolute atomic E-state index is 13.1. The van der Waals surface area contributed by atoms with E-state index < -0.39 is 5.92 Å². The van der Waals surface area contributed by atoms with Crippen molar-refractivity contribution in [2.45, 2.75) is 32.9 Å². The van der Waals surface area contributed by atoms with E-state index in [2.05, 4.69) is 15.4 Å². The molecule has 2 heterocycles. The van der Waals surface area contributed by atoms with Crippen molar-refractivity contribution >= 4 is 17.5 Å². The van der Waals surface area contributed by atoms with Crippen LogP contribution in [-0.2, 0) is 16.1 Å². The second-order valence-electron chi connectivity index (χ2n) is 7.69. The van der Waals surface area contributed by atoms with E-state index in [1.807, 2.05) is 62.4 Å². The Bertz CT molecular complexity index is 1030. The van der Waals surface area contributed by atoms with Crippen LogP contribution in [0.2, 0.25) is 0 Å². The second-order valence-corrected chi connectivity index (χ2v) is 7.69. The minimum absolute atomic E-state index is 0.150. The molecular weight excluding hydrogens is 378 g/mol. The van der Waals surface area contributed by atoms with Gasteiger partial charge in [0.05, 0.1) is 12.6 Å². The van der Waals surface area contributed by atoms with Gasteiger partial charge in [0, 0.05) is 12.2 Å². The Morgan fingerprint density at radius 2 is 1.97 bits per heavy atom. The summed E-state index contributed by atoms with van der Waals surface area (Å²) in [6.07, 6.45) is 3.58. The summed E-state index contributed by atoms with van der Waals surface area (Å²) in [6.45, 7) is 5.05. The first-order chi connectivity index (χ1) is 14.5. The van der Waals surface area contributed by atoms with Gasteiger partial charge in [-0.2, -0.15) is 5.10 Å². The molecule has 2 unspecified atom stereocenters. The molecule has 0 spiro atoms. The highest BCUT2D eigenvalue weighted by molar-refractivity contribution is 6.09. The summed E-state index contributed by atoms with van der Waals surface area (Å²) >= 11 is 0. The molecule has 3 aromatic rings. The van der Waals surface area contributed by atoms with Gasteiger partial charge in [0.1, 0.15) is 18.6 Å². The smallest absolute Gasteiger partial charge is 0.239 e. The second kappa shape index (κ2) is 8.49. The molecule has 0 saturated carbocycles. The van der Waals surface area contributed by atoms with Crippen LogP contribution in [0.5, 0.6) is 0 Å². The van der Waals surface area contributed by atoms with Crippen molar-refractivity contribution < 1.29 is 9.59 Å². The minimum Gasteiger partial charge on any atom is -0.347 e. The minimum atomic E-state index is -0.687. The van der Waals surface area contributed by atoms with Crippen molar-refractivity contribution in [3.8, 4) is 0 Å². The van der Waals surface area contributed by atoms with Crippen LogP contribution < -0.4 is 10.2 Å². The fraction of sp³-hybridized carbons (Fsp3) is 0.304. The number of hydrogen-bond acceptors (Lipinski definition) is 4. The predicted octanol–water partition coefficient (Wildman–Crippen LogP) is 2.81. The average molecular weight is 403 g/mol. The van der Waals surface area contributed by atoms with Crippen LogP contribution in [0.15, 0.2) is 61.2 Å². The number of carbonyl (C=O) groups excluding carboxylic acids is 2. The van der Waals surface area contributed by atoms with Crippen molar-refractivity contribution in [3.63, 3.8) is 0 Å². The standard InChI is InChI=1S/C23H25N5O2/c1-16-8-9-19(12-17(16)2)28-11-10-20(23(28)30)22(29)26-21(13-27-15-24-14-25-27)18-6-4-3-5-7-18/h3-9,12,14-15,20-21H,10-11,13H2,1-2H3,(H,26,29). The molecule has 1 N–H and O–H groups in total. The molecule has 1 saturated heterocycles. The largest absolute Gasteiger partial charge is 0.347 e. The fourth-order valence-electron chi connectivity index (χ4n) is 3.78. The molecule has 1 fully saturated rings. The topological polar surface area (TPSA) is 80.1 Å². The Morgan fingerprint density at radius 1 is 1.17 bits per heavy atom. The molecule has 2 aromatic carbocycles. The lowest BCUT2D eigenvalue weighted by Gasteiger charge is -2.21. The quantitative estimate of drug-likeness (QED) is 0.642. The zero-order valence-corrected chi connectivity index (χ0v) is 17.2. The van der Waals surface area contributed by atoms with E-state index in [4.69, 9.17) is 0 Å². The Hall–Kier alpha value is -3.48. The third-order valence-corrected chi connectivity index (χ3v) is 5.68. The van der Waals surface area contributed by atoms with Crippen molar-refractivity contribution in [2.75, 3.05) is 11.4 Å². The van der Waals surface area contributed by atoms with Gasteiger partial charge in [0.15, 0.2) is 0 Å². The molecule has 0 bridgehead atoms. The first-order valence-electron chi connectivity index (χ1n) is 10.1. The monoisotopic (exact) mass is 403 g/mol. The molecule has 2 atom stereocenters. The van der Waals surface area contributed by atoms with Crippen LogP contribution in [0.25, 0.3) is 0 Å². The van der Waals surface area contributed by atoms with Crippen LogP contribution in [0, 0.1) is 19.8 Å². The highest BCUT2D eigenvalue weighted by Crippen LogP contribution is 2.28. The van der Waals surface area contributed by atoms with Crippen LogP contribution in [0.1, 0.15) is 29.2 Å². The molecule has 1 aliphatic rings. The molecular formula is C23H25N5O2. The van der Waals surface area contributed by atoms with Crippen molar-refractivity contribution in [1.82, 2.24) is 20.1 Å². The molecule has 7 nitrogen and oxygen atoms in total. The van der Waals surface area contributed by atoms with Gasteiger partial charge in [0.25, 0.3) is 0 Å². The lowest BCUT2D eigenvalue weighted by molar-refractivity contribution is -0.132. The van der Waals surface area contributed by atoms with E-state index in [9.17, 15) is 9.59 Å². The summed E-state index contributed by atoms with van der Waals surface area (Å²) in [5.74, 6) is -1.09. The fourth-order valence-corrected chi connectivity index (χ4v) is 3.78. The molecule has 2 amide bonds. The predicted molar refractivity (Wildman–Crippen MR) is 114 cm³/mol. The van der Waals surface area contributed by atoms with Crippen LogP contribution >= 0.6 is 0 Å². The number of nitrogens with one attached hydrogen (secondary N) is 1. The SMILES string of the molecule is Cc1ccc(N2CCC(C(=O)NC(Cn3cncn3)c3ccccc3)C2=O)cc1C. The van der Waals surface area contributed by atoms with Gasteiger partial charge in [-0.1, -0.05) is 36.4 Å². The van der Waals surface area contributed by atoms with E-state index >= 15 is 0 Å². The summed E-state index contributed by atoms with van der Waals surface area (Å²) in [6, 6.07) is 15.4. The molecule has 7 heteroatoms. The number of aryl methyl sites for hydroxylation is 2. The maximum atomic E-state index is 13.1. The molecule has 0 aliphatic carbocycles. The van der Waals surface area contributed by atoms with Crippen molar-refractivity contribution in [1.29, 1.82) is 0 Å². The Kier molecular flexibility index (Phi) is 5.61. The number of benzene rings is 2. The number of hydrogen-bond donors (Lipinski definition) is 1. The van der Waals surface area contributed by atoms with E-state index in [1.54, 1.807) is 15.9 Å². The lowest BCUT2D eigenvalue weighted by atomic mass is 10.0. The third kappa shape index (κ3) is 4.10. The number of nitrogens with zero attached hydrogens (tertiary/aromatic N) is 4. The molecule has 30 heavy (non-hydrogen) atoms. The van der Waals surface area contributed by atoms with E-state index in [-0.39, 0.29) is 17.9 Å². The molecule has 1 aromatic heterocycles. The first-order valence-corrected chi connectivity index (χ1v) is 10.1. The van der Waals surface area contributed by atoms with Crippen LogP contribution in [0.3, 0.4) is 0 Å². The molecule has 0 radical (unpaired) electrons. The molecule has 154 valence electrons. The van der Waals surface area contributed by atoms with Gasteiger partial charge in [-0.3, -0.25) is 14.3 Å². The number of anilines is 1. The average Bonchev–Trinajstić information content (AvgIpc) is 3.40. The highest BCUT2D eigenvalue weighted by atomic mass is 16.2. The van der Waals surface area contributed by atoms with Crippen LogP contribution in [-0.4, -0.2) is 33.1 Å². The normalized spacial score (nSPS) is 17.2. The number of aromatic nitrogens is 3. The third-order valence-electron chi connectivity index (χ3n) is 5.68. The van der Waals surface area contributed by atoms with E-state index in [0.29, 0.717) is 19.5 Å². The maximum Gasteiger partial charge on any atom is 0.239 e. The van der Waals surface area contributed by atoms with Gasteiger partial charge in [-0.05, 0) is 49.1 Å². The van der Waals surface area contributed by atoms with Gasteiger partial charge in [0.2, 0.25) is 11.8 Å². The van der Waals surface area contributed by atoms with Gasteiger partial charge in [-0.15, -0.1) is 0 Å². The number of carbonyl (C=O) groups is 2. The van der Waals surface area contributed by atoms with Gasteiger partial charge < -0.3 is 10.2 Å². The Balaban J connectivity index is 1.50. The summed E-state index contributed by atoms with van der Waals surface area (Å²) in [7, 11) is 0. The zero-order valence-electron chi connectivity index (χ0n) is 17.2. The summed E-state index contributed by atoms with van der Waals surface area (Å²) in [4.78, 5) is 31.8. The highest BCUT2D eigenvalue weighted by Gasteiger charge is 2.38. The summed E-state index contributed by atoms with van der Waals surface area (Å²) < 4.78 is 1.68. The van der Waals surface area contributed by atoms with Crippen molar-refractivity contribution in [3.05, 3.63) is 77.9 Å².